The van der Waals surface area contributed by atoms with E-state index in [1.165, 1.54) is 4.31 Å². The molecule has 2 rings (SSSR count). The molecular formula is C14H19N3O2S. The molecule has 0 aromatic heterocycles. The predicted octanol–water partition coefficient (Wildman–Crippen LogP) is 2.26. The van der Waals surface area contributed by atoms with E-state index >= 15 is 0 Å². The molecular weight excluding hydrogens is 274 g/mol. The maximum Gasteiger partial charge on any atom is 0.301 e. The Hall–Kier alpha value is -1.58. The van der Waals surface area contributed by atoms with Crippen LogP contribution in [0.3, 0.4) is 0 Å². The second-order valence-electron chi connectivity index (χ2n) is 5.35. The van der Waals surface area contributed by atoms with Gasteiger partial charge < -0.3 is 0 Å². The molecule has 1 fully saturated rings. The first-order valence-corrected chi connectivity index (χ1v) is 8.15. The molecule has 1 N–H and O–H groups in total. The molecule has 1 aromatic rings. The van der Waals surface area contributed by atoms with Crippen molar-refractivity contribution < 1.29 is 8.42 Å². The highest BCUT2D eigenvalue weighted by Gasteiger charge is 2.27. The van der Waals surface area contributed by atoms with Crippen LogP contribution in [0.15, 0.2) is 18.2 Å². The minimum atomic E-state index is -3.54. The third-order valence-electron chi connectivity index (χ3n) is 3.57. The summed E-state index contributed by atoms with van der Waals surface area (Å²) < 4.78 is 28.9. The summed E-state index contributed by atoms with van der Waals surface area (Å²) in [6.45, 7) is 4.98. The summed E-state index contributed by atoms with van der Waals surface area (Å²) in [6, 6.07) is 7.01. The molecule has 0 amide bonds. The van der Waals surface area contributed by atoms with E-state index in [4.69, 9.17) is 5.26 Å². The Morgan fingerprint density at radius 2 is 2.20 bits per heavy atom. The van der Waals surface area contributed by atoms with Gasteiger partial charge in [0.25, 0.3) is 0 Å². The van der Waals surface area contributed by atoms with Crippen molar-refractivity contribution >= 4 is 15.9 Å². The maximum absolute atomic E-state index is 12.4. The first-order valence-electron chi connectivity index (χ1n) is 6.71. The molecule has 108 valence electrons. The lowest BCUT2D eigenvalue weighted by Crippen LogP contribution is -2.42. The van der Waals surface area contributed by atoms with Gasteiger partial charge in [0.15, 0.2) is 0 Å². The Balaban J connectivity index is 2.22. The van der Waals surface area contributed by atoms with E-state index in [0.29, 0.717) is 30.3 Å². The molecule has 5 nitrogen and oxygen atoms in total. The van der Waals surface area contributed by atoms with E-state index in [1.54, 1.807) is 18.2 Å². The molecule has 0 aliphatic carbocycles. The summed E-state index contributed by atoms with van der Waals surface area (Å²) in [7, 11) is -3.54. The largest absolute Gasteiger partial charge is 0.301 e. The molecule has 0 bridgehead atoms. The van der Waals surface area contributed by atoms with Crippen LogP contribution in [0.1, 0.15) is 30.9 Å². The highest BCUT2D eigenvalue weighted by atomic mass is 32.2. The molecule has 1 unspecified atom stereocenters. The number of aryl methyl sites for hydroxylation is 1. The van der Waals surface area contributed by atoms with Crippen LogP contribution in [0.4, 0.5) is 5.69 Å². The van der Waals surface area contributed by atoms with Crippen LogP contribution in [0.2, 0.25) is 0 Å². The van der Waals surface area contributed by atoms with Crippen LogP contribution in [0.25, 0.3) is 0 Å². The van der Waals surface area contributed by atoms with Crippen molar-refractivity contribution in [2.45, 2.75) is 26.7 Å². The summed E-state index contributed by atoms with van der Waals surface area (Å²) in [5, 5.41) is 8.90. The Kier molecular flexibility index (Phi) is 4.31. The zero-order valence-electron chi connectivity index (χ0n) is 11.8. The summed E-state index contributed by atoms with van der Waals surface area (Å²) in [4.78, 5) is 0. The second kappa shape index (κ2) is 5.81. The Morgan fingerprint density at radius 1 is 1.45 bits per heavy atom. The average molecular weight is 293 g/mol. The number of nitriles is 1. The van der Waals surface area contributed by atoms with Crippen molar-refractivity contribution in [2.24, 2.45) is 5.92 Å². The van der Waals surface area contributed by atoms with Gasteiger partial charge in [0, 0.05) is 13.1 Å². The average Bonchev–Trinajstić information content (AvgIpc) is 2.41. The molecule has 1 atom stereocenters. The third kappa shape index (κ3) is 3.30. The van der Waals surface area contributed by atoms with Crippen LogP contribution in [0, 0.1) is 24.2 Å². The summed E-state index contributed by atoms with van der Waals surface area (Å²) in [6.07, 6.45) is 1.95. The summed E-state index contributed by atoms with van der Waals surface area (Å²) in [5.74, 6) is 0.381. The first-order chi connectivity index (χ1) is 9.42. The van der Waals surface area contributed by atoms with Crippen LogP contribution >= 0.6 is 0 Å². The fourth-order valence-corrected chi connectivity index (χ4v) is 3.82. The normalized spacial score (nSPS) is 20.4. The molecule has 1 aliphatic rings. The van der Waals surface area contributed by atoms with Crippen LogP contribution in [-0.4, -0.2) is 25.8 Å². The van der Waals surface area contributed by atoms with E-state index in [9.17, 15) is 8.42 Å². The zero-order chi connectivity index (χ0) is 14.8. The molecule has 1 aliphatic heterocycles. The predicted molar refractivity (Wildman–Crippen MR) is 78.4 cm³/mol. The van der Waals surface area contributed by atoms with Gasteiger partial charge in [-0.3, -0.25) is 4.72 Å². The Morgan fingerprint density at radius 3 is 2.85 bits per heavy atom. The fraction of sp³-hybridized carbons (Fsp3) is 0.500. The van der Waals surface area contributed by atoms with Crippen molar-refractivity contribution in [3.8, 4) is 6.07 Å². The molecule has 1 aromatic carbocycles. The Bertz CT molecular complexity index is 634. The van der Waals surface area contributed by atoms with Crippen LogP contribution < -0.4 is 4.72 Å². The van der Waals surface area contributed by atoms with Gasteiger partial charge in [-0.25, -0.2) is 0 Å². The van der Waals surface area contributed by atoms with Gasteiger partial charge in [0.2, 0.25) is 0 Å². The number of nitrogens with one attached hydrogen (secondary N) is 1. The van der Waals surface area contributed by atoms with E-state index in [1.807, 2.05) is 13.0 Å². The Labute approximate surface area is 120 Å². The zero-order valence-corrected chi connectivity index (χ0v) is 12.6. The molecule has 1 saturated heterocycles. The van der Waals surface area contributed by atoms with Gasteiger partial charge in [-0.1, -0.05) is 13.0 Å². The molecule has 1 heterocycles. The fourth-order valence-electron chi connectivity index (χ4n) is 2.37. The summed E-state index contributed by atoms with van der Waals surface area (Å²) >= 11 is 0. The number of benzene rings is 1. The smallest absolute Gasteiger partial charge is 0.271 e. The van der Waals surface area contributed by atoms with E-state index in [2.05, 4.69) is 11.6 Å². The highest BCUT2D eigenvalue weighted by Crippen LogP contribution is 2.22. The maximum atomic E-state index is 12.4. The molecule has 0 radical (unpaired) electrons. The van der Waals surface area contributed by atoms with Gasteiger partial charge in [-0.05, 0) is 43.4 Å². The number of rotatable bonds is 3. The first kappa shape index (κ1) is 14.8. The minimum Gasteiger partial charge on any atom is -0.271 e. The van der Waals surface area contributed by atoms with E-state index in [-0.39, 0.29) is 0 Å². The highest BCUT2D eigenvalue weighted by molar-refractivity contribution is 7.90. The van der Waals surface area contributed by atoms with Crippen LogP contribution in [-0.2, 0) is 10.2 Å². The van der Waals surface area contributed by atoms with Gasteiger partial charge >= 0.3 is 10.2 Å². The molecule has 6 heteroatoms. The van der Waals surface area contributed by atoms with Gasteiger partial charge in [-0.2, -0.15) is 18.0 Å². The number of anilines is 1. The standard InChI is InChI=1S/C14H19N3O2S/c1-11-4-3-7-17(10-11)20(18,19)16-14-8-13(9-15)6-5-12(14)2/h5-6,8,11,16H,3-4,7,10H2,1-2H3. The van der Waals surface area contributed by atoms with Gasteiger partial charge in [0.05, 0.1) is 17.3 Å². The minimum absolute atomic E-state index is 0.381. The molecule has 0 spiro atoms. The molecule has 0 saturated carbocycles. The van der Waals surface area contributed by atoms with Gasteiger partial charge in [0.1, 0.15) is 0 Å². The quantitative estimate of drug-likeness (QED) is 0.929. The summed E-state index contributed by atoms with van der Waals surface area (Å²) in [5.41, 5.74) is 1.72. The monoisotopic (exact) mass is 293 g/mol. The number of nitrogens with zero attached hydrogens (tertiary/aromatic N) is 2. The lowest BCUT2D eigenvalue weighted by Gasteiger charge is -2.30. The lowest BCUT2D eigenvalue weighted by atomic mass is 10.0. The topological polar surface area (TPSA) is 73.2 Å². The second-order valence-corrected chi connectivity index (χ2v) is 7.02. The van der Waals surface area contributed by atoms with Crippen LogP contribution in [0.5, 0.6) is 0 Å². The van der Waals surface area contributed by atoms with Gasteiger partial charge in [-0.15, -0.1) is 0 Å². The van der Waals surface area contributed by atoms with Crippen molar-refractivity contribution in [3.63, 3.8) is 0 Å². The van der Waals surface area contributed by atoms with E-state index in [0.717, 1.165) is 18.4 Å². The van der Waals surface area contributed by atoms with Crippen molar-refractivity contribution in [3.05, 3.63) is 29.3 Å². The van der Waals surface area contributed by atoms with Crippen molar-refractivity contribution in [1.29, 1.82) is 5.26 Å². The molecule has 20 heavy (non-hydrogen) atoms. The van der Waals surface area contributed by atoms with E-state index < -0.39 is 10.2 Å². The third-order valence-corrected chi connectivity index (χ3v) is 5.05. The lowest BCUT2D eigenvalue weighted by molar-refractivity contribution is 0.282. The van der Waals surface area contributed by atoms with Crippen molar-refractivity contribution in [1.82, 2.24) is 4.31 Å². The number of piperidine rings is 1. The SMILES string of the molecule is Cc1ccc(C#N)cc1NS(=O)(=O)N1CCCC(C)C1. The number of hydrogen-bond donors (Lipinski definition) is 1. The van der Waals surface area contributed by atoms with Crippen molar-refractivity contribution in [2.75, 3.05) is 17.8 Å². The number of hydrogen-bond acceptors (Lipinski definition) is 3.